The Bertz CT molecular complexity index is 1260. The molecule has 6 rings (SSSR count). The van der Waals surface area contributed by atoms with Gasteiger partial charge in [0, 0.05) is 23.6 Å². The van der Waals surface area contributed by atoms with E-state index in [0.29, 0.717) is 18.2 Å². The van der Waals surface area contributed by atoms with E-state index in [1.165, 1.54) is 37.1 Å². The summed E-state index contributed by atoms with van der Waals surface area (Å²) in [5.74, 6) is -0.155. The lowest BCUT2D eigenvalue weighted by Crippen LogP contribution is -2.34. The first-order valence-corrected chi connectivity index (χ1v) is 14.0. The molecule has 5 nitrogen and oxygen atoms in total. The zero-order valence-electron chi connectivity index (χ0n) is 21.3. The van der Waals surface area contributed by atoms with Gasteiger partial charge in [-0.1, -0.05) is 62.1 Å². The predicted octanol–water partition coefficient (Wildman–Crippen LogP) is 5.97. The van der Waals surface area contributed by atoms with E-state index in [0.717, 1.165) is 67.2 Å². The molecule has 6 heteroatoms. The van der Waals surface area contributed by atoms with Gasteiger partial charge in [0.05, 0.1) is 18.2 Å². The van der Waals surface area contributed by atoms with Crippen LogP contribution < -0.4 is 5.32 Å². The number of carbonyl (C=O) groups is 1. The zero-order chi connectivity index (χ0) is 25.4. The summed E-state index contributed by atoms with van der Waals surface area (Å²) in [6.45, 7) is 0. The molecule has 37 heavy (non-hydrogen) atoms. The number of carbonyl (C=O) groups excluding carboxylic acids is 1. The molecule has 1 amide bonds. The Balaban J connectivity index is 1.36. The number of halogens is 1. The van der Waals surface area contributed by atoms with Gasteiger partial charge in [0.15, 0.2) is 5.69 Å². The third-order valence-corrected chi connectivity index (χ3v) is 8.69. The highest BCUT2D eigenvalue weighted by molar-refractivity contribution is 5.94. The Morgan fingerprint density at radius 1 is 1.00 bits per heavy atom. The van der Waals surface area contributed by atoms with Gasteiger partial charge in [0.1, 0.15) is 5.82 Å². The van der Waals surface area contributed by atoms with Gasteiger partial charge in [0.25, 0.3) is 5.91 Å². The molecule has 3 aliphatic carbocycles. The summed E-state index contributed by atoms with van der Waals surface area (Å²) in [6, 6.07) is 14.7. The second-order valence-corrected chi connectivity index (χ2v) is 11.1. The Hall–Kier alpha value is -2.99. The summed E-state index contributed by atoms with van der Waals surface area (Å²) in [5.41, 5.74) is 6.02. The van der Waals surface area contributed by atoms with Crippen molar-refractivity contribution in [2.75, 3.05) is 0 Å². The maximum Gasteiger partial charge on any atom is 0.272 e. The van der Waals surface area contributed by atoms with E-state index >= 15 is 0 Å². The van der Waals surface area contributed by atoms with Crippen LogP contribution in [0.25, 0.3) is 0 Å². The molecule has 3 atom stereocenters. The predicted molar refractivity (Wildman–Crippen MR) is 141 cm³/mol. The first kappa shape index (κ1) is 24.4. The smallest absolute Gasteiger partial charge is 0.272 e. The van der Waals surface area contributed by atoms with Crippen molar-refractivity contribution < 1.29 is 14.3 Å². The Morgan fingerprint density at radius 2 is 1.76 bits per heavy atom. The van der Waals surface area contributed by atoms with Gasteiger partial charge < -0.3 is 10.4 Å². The minimum atomic E-state index is -0.633. The Labute approximate surface area is 218 Å². The van der Waals surface area contributed by atoms with E-state index in [4.69, 9.17) is 5.10 Å². The molecule has 0 aliphatic heterocycles. The summed E-state index contributed by atoms with van der Waals surface area (Å²) in [7, 11) is 0. The molecule has 1 saturated carbocycles. The van der Waals surface area contributed by atoms with Crippen LogP contribution in [0.5, 0.6) is 0 Å². The number of fused-ring (bicyclic) bond motifs is 2. The van der Waals surface area contributed by atoms with E-state index in [1.54, 1.807) is 0 Å². The molecule has 194 valence electrons. The van der Waals surface area contributed by atoms with Crippen LogP contribution in [-0.2, 0) is 19.3 Å². The van der Waals surface area contributed by atoms with Crippen molar-refractivity contribution in [1.82, 2.24) is 15.1 Å². The van der Waals surface area contributed by atoms with Crippen LogP contribution in [-0.4, -0.2) is 26.9 Å². The topological polar surface area (TPSA) is 67.2 Å². The van der Waals surface area contributed by atoms with Crippen molar-refractivity contribution >= 4 is 5.91 Å². The van der Waals surface area contributed by atoms with Gasteiger partial charge in [-0.25, -0.2) is 4.39 Å². The maximum atomic E-state index is 13.8. The van der Waals surface area contributed by atoms with Crippen LogP contribution in [0.4, 0.5) is 4.39 Å². The zero-order valence-corrected chi connectivity index (χ0v) is 21.3. The molecule has 2 aromatic carbocycles. The third-order valence-electron chi connectivity index (χ3n) is 8.69. The third kappa shape index (κ3) is 4.84. The fraction of sp³-hybridized carbons (Fsp3) is 0.484. The highest BCUT2D eigenvalue weighted by Crippen LogP contribution is 2.40. The van der Waals surface area contributed by atoms with Crippen LogP contribution in [0.1, 0.15) is 108 Å². The van der Waals surface area contributed by atoms with E-state index in [-0.39, 0.29) is 17.6 Å². The molecule has 0 saturated heterocycles. The van der Waals surface area contributed by atoms with E-state index in [9.17, 15) is 14.3 Å². The van der Waals surface area contributed by atoms with Gasteiger partial charge in [-0.2, -0.15) is 5.10 Å². The minimum absolute atomic E-state index is 0.186. The van der Waals surface area contributed by atoms with Gasteiger partial charge in [-0.05, 0) is 67.3 Å². The first-order chi connectivity index (χ1) is 18.1. The molecular weight excluding hydrogens is 465 g/mol. The van der Waals surface area contributed by atoms with Crippen molar-refractivity contribution in [2.24, 2.45) is 0 Å². The monoisotopic (exact) mass is 501 g/mol. The minimum Gasteiger partial charge on any atom is -0.390 e. The number of nitrogens with zero attached hydrogens (tertiary/aromatic N) is 2. The lowest BCUT2D eigenvalue weighted by atomic mass is 9.89. The summed E-state index contributed by atoms with van der Waals surface area (Å²) >= 11 is 0. The molecule has 0 bridgehead atoms. The first-order valence-electron chi connectivity index (χ1n) is 14.0. The molecule has 3 aromatic rings. The second kappa shape index (κ2) is 10.4. The van der Waals surface area contributed by atoms with E-state index in [1.807, 2.05) is 36.4 Å². The largest absolute Gasteiger partial charge is 0.390 e. The molecule has 0 spiro atoms. The van der Waals surface area contributed by atoms with Gasteiger partial charge in [0.2, 0.25) is 0 Å². The van der Waals surface area contributed by atoms with Crippen molar-refractivity contribution in [3.05, 3.63) is 88.0 Å². The fourth-order valence-corrected chi connectivity index (χ4v) is 6.84. The molecule has 1 fully saturated rings. The van der Waals surface area contributed by atoms with Crippen LogP contribution in [0, 0.1) is 5.82 Å². The molecule has 1 aromatic heterocycles. The van der Waals surface area contributed by atoms with Crippen molar-refractivity contribution in [3.63, 3.8) is 0 Å². The standard InChI is InChI=1S/C31H36FN3O2/c32-23-16-14-20(15-17-23)18-22-9-5-7-13-26-29(34-35(30(22)26)24-10-2-1-3-11-24)31(37)33-28-25-12-6-4-8-21(25)19-27(28)36/h4,6,8,12,14-17,22,24,27-28,36H,1-3,5,7,9-11,13,18-19H2,(H,33,37)/t22-,27-,28+/m0/s1. The Kier molecular flexibility index (Phi) is 6.85. The maximum absolute atomic E-state index is 13.8. The van der Waals surface area contributed by atoms with Crippen LogP contribution in [0.3, 0.4) is 0 Å². The van der Waals surface area contributed by atoms with Crippen LogP contribution in [0.2, 0.25) is 0 Å². The highest BCUT2D eigenvalue weighted by atomic mass is 19.1. The van der Waals surface area contributed by atoms with Crippen molar-refractivity contribution in [1.29, 1.82) is 0 Å². The summed E-state index contributed by atoms with van der Waals surface area (Å²) in [6.07, 6.45) is 10.6. The number of hydrogen-bond donors (Lipinski definition) is 2. The number of amides is 1. The quantitative estimate of drug-likeness (QED) is 0.424. The fourth-order valence-electron chi connectivity index (χ4n) is 6.84. The van der Waals surface area contributed by atoms with Crippen molar-refractivity contribution in [3.8, 4) is 0 Å². The van der Waals surface area contributed by atoms with Gasteiger partial charge in [-0.15, -0.1) is 0 Å². The molecule has 2 N–H and O–H groups in total. The average Bonchev–Trinajstić information content (AvgIpc) is 3.37. The van der Waals surface area contributed by atoms with Crippen molar-refractivity contribution in [2.45, 2.75) is 94.7 Å². The molecule has 0 radical (unpaired) electrons. The number of aliphatic hydroxyl groups excluding tert-OH is 1. The average molecular weight is 502 g/mol. The highest BCUT2D eigenvalue weighted by Gasteiger charge is 2.36. The lowest BCUT2D eigenvalue weighted by molar-refractivity contribution is 0.0851. The normalized spacial score (nSPS) is 23.8. The summed E-state index contributed by atoms with van der Waals surface area (Å²) in [4.78, 5) is 13.8. The number of nitrogens with one attached hydrogen (secondary N) is 1. The lowest BCUT2D eigenvalue weighted by Gasteiger charge is -2.27. The van der Waals surface area contributed by atoms with Crippen LogP contribution >= 0.6 is 0 Å². The number of benzene rings is 2. The van der Waals surface area contributed by atoms with Crippen LogP contribution in [0.15, 0.2) is 48.5 Å². The number of aliphatic hydroxyl groups is 1. The molecule has 0 unspecified atom stereocenters. The van der Waals surface area contributed by atoms with Gasteiger partial charge in [-0.3, -0.25) is 9.48 Å². The van der Waals surface area contributed by atoms with E-state index in [2.05, 4.69) is 10.00 Å². The SMILES string of the molecule is O=C(N[C@@H]1c2ccccc2C[C@@H]1O)c1nn(C2CCCCC2)c2c1CCCC[C@H]2Cc1ccc(F)cc1. The van der Waals surface area contributed by atoms with E-state index < -0.39 is 12.1 Å². The number of hydrogen-bond acceptors (Lipinski definition) is 3. The molecule has 3 aliphatic rings. The second-order valence-electron chi connectivity index (χ2n) is 11.1. The summed E-state index contributed by atoms with van der Waals surface area (Å²) < 4.78 is 15.8. The number of rotatable bonds is 5. The number of aromatic nitrogens is 2. The van der Waals surface area contributed by atoms with Gasteiger partial charge >= 0.3 is 0 Å². The summed E-state index contributed by atoms with van der Waals surface area (Å²) in [5, 5.41) is 19.0. The Morgan fingerprint density at radius 3 is 2.57 bits per heavy atom. The molecular formula is C31H36FN3O2. The molecule has 1 heterocycles.